The van der Waals surface area contributed by atoms with E-state index in [4.69, 9.17) is 0 Å². The van der Waals surface area contributed by atoms with Gasteiger partial charge in [0.25, 0.3) is 11.8 Å². The van der Waals surface area contributed by atoms with Gasteiger partial charge in [-0.2, -0.15) is 18.3 Å². The van der Waals surface area contributed by atoms with E-state index >= 15 is 0 Å². The quantitative estimate of drug-likeness (QED) is 0.639. The predicted octanol–water partition coefficient (Wildman–Crippen LogP) is 2.65. The van der Waals surface area contributed by atoms with Crippen molar-refractivity contribution in [2.75, 3.05) is 6.54 Å². The van der Waals surface area contributed by atoms with Crippen LogP contribution in [-0.2, 0) is 11.0 Å². The molecule has 5 nitrogen and oxygen atoms in total. The Kier molecular flexibility index (Phi) is 5.69. The summed E-state index contributed by atoms with van der Waals surface area (Å²) in [6.07, 6.45) is -3.19. The van der Waals surface area contributed by atoms with Gasteiger partial charge < -0.3 is 5.32 Å². The molecule has 1 aromatic carbocycles. The summed E-state index contributed by atoms with van der Waals surface area (Å²) in [6.45, 7) is -0.263. The van der Waals surface area contributed by atoms with Crippen molar-refractivity contribution in [3.05, 3.63) is 57.8 Å². The monoisotopic (exact) mass is 355 g/mol. The number of rotatable bonds is 5. The molecule has 9 heteroatoms. The van der Waals surface area contributed by atoms with Crippen LogP contribution in [0.2, 0.25) is 0 Å². The minimum absolute atomic E-state index is 0.263. The first-order valence-electron chi connectivity index (χ1n) is 6.67. The summed E-state index contributed by atoms with van der Waals surface area (Å²) >= 11 is 1.25. The lowest BCUT2D eigenvalue weighted by molar-refractivity contribution is -0.137. The highest BCUT2D eigenvalue weighted by Crippen LogP contribution is 2.28. The highest BCUT2D eigenvalue weighted by atomic mass is 32.1. The summed E-state index contributed by atoms with van der Waals surface area (Å²) in [5, 5.41) is 7.78. The van der Waals surface area contributed by atoms with Crippen LogP contribution in [-0.4, -0.2) is 24.6 Å². The minimum atomic E-state index is -4.40. The SMILES string of the molecule is O=C(CNC(=O)c1cccs1)NN=Cc1ccc(C(F)(F)F)cc1. The van der Waals surface area contributed by atoms with E-state index in [9.17, 15) is 22.8 Å². The number of nitrogens with zero attached hydrogens (tertiary/aromatic N) is 1. The second-order valence-electron chi connectivity index (χ2n) is 4.57. The van der Waals surface area contributed by atoms with E-state index in [1.54, 1.807) is 17.5 Å². The Morgan fingerprint density at radius 2 is 1.88 bits per heavy atom. The molecule has 24 heavy (non-hydrogen) atoms. The third kappa shape index (κ3) is 5.20. The first-order chi connectivity index (χ1) is 11.4. The van der Waals surface area contributed by atoms with Crippen LogP contribution < -0.4 is 10.7 Å². The number of hydrogen-bond donors (Lipinski definition) is 2. The van der Waals surface area contributed by atoms with Gasteiger partial charge in [-0.25, -0.2) is 5.43 Å². The van der Waals surface area contributed by atoms with Crippen molar-refractivity contribution in [2.45, 2.75) is 6.18 Å². The fraction of sp³-hybridized carbons (Fsp3) is 0.133. The molecule has 2 amide bonds. The van der Waals surface area contributed by atoms with Crippen LogP contribution in [0.5, 0.6) is 0 Å². The number of thiophene rings is 1. The largest absolute Gasteiger partial charge is 0.416 e. The van der Waals surface area contributed by atoms with Gasteiger partial charge in [-0.05, 0) is 29.1 Å². The van der Waals surface area contributed by atoms with Crippen LogP contribution in [0.4, 0.5) is 13.2 Å². The molecule has 0 fully saturated rings. The lowest BCUT2D eigenvalue weighted by Gasteiger charge is -2.05. The molecule has 1 aromatic heterocycles. The lowest BCUT2D eigenvalue weighted by Crippen LogP contribution is -2.34. The van der Waals surface area contributed by atoms with Crippen molar-refractivity contribution in [1.29, 1.82) is 0 Å². The molecule has 2 aromatic rings. The van der Waals surface area contributed by atoms with Gasteiger partial charge >= 0.3 is 6.18 Å². The second-order valence-corrected chi connectivity index (χ2v) is 5.52. The average Bonchev–Trinajstić information content (AvgIpc) is 3.07. The number of halogens is 3. The fourth-order valence-corrected chi connectivity index (χ4v) is 2.27. The zero-order valence-corrected chi connectivity index (χ0v) is 12.9. The Bertz CT molecular complexity index is 725. The maximum atomic E-state index is 12.4. The molecule has 0 saturated heterocycles. The molecule has 0 radical (unpaired) electrons. The maximum absolute atomic E-state index is 12.4. The van der Waals surface area contributed by atoms with Gasteiger partial charge in [0.05, 0.1) is 23.2 Å². The smallest absolute Gasteiger partial charge is 0.342 e. The minimum Gasteiger partial charge on any atom is -0.342 e. The third-order valence-electron chi connectivity index (χ3n) is 2.80. The van der Waals surface area contributed by atoms with Crippen LogP contribution in [0.15, 0.2) is 46.9 Å². The van der Waals surface area contributed by atoms with E-state index in [0.29, 0.717) is 10.4 Å². The van der Waals surface area contributed by atoms with Crippen molar-refractivity contribution in [1.82, 2.24) is 10.7 Å². The first kappa shape index (κ1) is 17.7. The van der Waals surface area contributed by atoms with Crippen molar-refractivity contribution < 1.29 is 22.8 Å². The van der Waals surface area contributed by atoms with Gasteiger partial charge in [0, 0.05) is 0 Å². The first-order valence-corrected chi connectivity index (χ1v) is 7.55. The predicted molar refractivity (Wildman–Crippen MR) is 83.8 cm³/mol. The lowest BCUT2D eigenvalue weighted by atomic mass is 10.1. The molecule has 0 bridgehead atoms. The molecule has 0 aliphatic heterocycles. The Morgan fingerprint density at radius 3 is 2.46 bits per heavy atom. The van der Waals surface area contributed by atoms with Gasteiger partial charge in [-0.1, -0.05) is 18.2 Å². The molecule has 1 heterocycles. The number of benzene rings is 1. The topological polar surface area (TPSA) is 70.6 Å². The number of carbonyl (C=O) groups is 2. The Labute approximate surface area is 139 Å². The molecule has 0 aliphatic carbocycles. The summed E-state index contributed by atoms with van der Waals surface area (Å²) in [6, 6.07) is 7.65. The van der Waals surface area contributed by atoms with E-state index in [2.05, 4.69) is 15.8 Å². The maximum Gasteiger partial charge on any atom is 0.416 e. The summed E-state index contributed by atoms with van der Waals surface area (Å²) in [7, 11) is 0. The number of alkyl halides is 3. The molecule has 0 aliphatic rings. The molecule has 0 atom stereocenters. The van der Waals surface area contributed by atoms with Crippen molar-refractivity contribution >= 4 is 29.4 Å². The normalized spacial score (nSPS) is 11.5. The summed E-state index contributed by atoms with van der Waals surface area (Å²) in [4.78, 5) is 23.6. The molecular formula is C15H12F3N3O2S. The standard InChI is InChI=1S/C15H12F3N3O2S/c16-15(17,18)11-5-3-10(4-6-11)8-20-21-13(22)9-19-14(23)12-2-1-7-24-12/h1-8H,9H2,(H,19,23)(H,21,22). The van der Waals surface area contributed by atoms with Gasteiger partial charge in [-0.15, -0.1) is 11.3 Å². The van der Waals surface area contributed by atoms with E-state index < -0.39 is 17.6 Å². The highest BCUT2D eigenvalue weighted by molar-refractivity contribution is 7.12. The van der Waals surface area contributed by atoms with Crippen LogP contribution >= 0.6 is 11.3 Å². The molecule has 126 valence electrons. The number of hydrogen-bond acceptors (Lipinski definition) is 4. The van der Waals surface area contributed by atoms with E-state index in [-0.39, 0.29) is 12.5 Å². The van der Waals surface area contributed by atoms with E-state index in [0.717, 1.165) is 12.1 Å². The zero-order valence-electron chi connectivity index (χ0n) is 12.1. The van der Waals surface area contributed by atoms with Crippen LogP contribution in [0.25, 0.3) is 0 Å². The molecule has 0 unspecified atom stereocenters. The van der Waals surface area contributed by atoms with Crippen molar-refractivity contribution in [3.8, 4) is 0 Å². The molecule has 2 N–H and O–H groups in total. The average molecular weight is 355 g/mol. The van der Waals surface area contributed by atoms with E-state index in [1.165, 1.54) is 29.7 Å². The molecular weight excluding hydrogens is 343 g/mol. The van der Waals surface area contributed by atoms with E-state index in [1.807, 2.05) is 0 Å². The number of carbonyl (C=O) groups excluding carboxylic acids is 2. The molecule has 2 rings (SSSR count). The number of amides is 2. The van der Waals surface area contributed by atoms with Gasteiger partial charge in [0.15, 0.2) is 0 Å². The fourth-order valence-electron chi connectivity index (χ4n) is 1.63. The van der Waals surface area contributed by atoms with Crippen molar-refractivity contribution in [3.63, 3.8) is 0 Å². The second kappa shape index (κ2) is 7.73. The Balaban J connectivity index is 1.79. The summed E-state index contributed by atoms with van der Waals surface area (Å²) in [5.41, 5.74) is 1.80. The van der Waals surface area contributed by atoms with Gasteiger partial charge in [0.2, 0.25) is 0 Å². The third-order valence-corrected chi connectivity index (χ3v) is 3.66. The molecule has 0 spiro atoms. The van der Waals surface area contributed by atoms with Crippen LogP contribution in [0, 0.1) is 0 Å². The van der Waals surface area contributed by atoms with Crippen LogP contribution in [0.3, 0.4) is 0 Å². The van der Waals surface area contributed by atoms with Gasteiger partial charge in [-0.3, -0.25) is 9.59 Å². The number of hydrazone groups is 1. The van der Waals surface area contributed by atoms with Crippen molar-refractivity contribution in [2.24, 2.45) is 5.10 Å². The Hall–Kier alpha value is -2.68. The highest BCUT2D eigenvalue weighted by Gasteiger charge is 2.29. The van der Waals surface area contributed by atoms with Crippen LogP contribution in [0.1, 0.15) is 20.8 Å². The van der Waals surface area contributed by atoms with Gasteiger partial charge in [0.1, 0.15) is 0 Å². The zero-order chi connectivity index (χ0) is 17.6. The summed E-state index contributed by atoms with van der Waals surface area (Å²) in [5.74, 6) is -0.921. The Morgan fingerprint density at radius 1 is 1.17 bits per heavy atom. The number of nitrogens with one attached hydrogen (secondary N) is 2. The summed E-state index contributed by atoms with van der Waals surface area (Å²) < 4.78 is 37.2. The molecule has 0 saturated carbocycles.